The highest BCUT2D eigenvalue weighted by atomic mass is 32.1. The van der Waals surface area contributed by atoms with E-state index < -0.39 is 23.1 Å². The first kappa shape index (κ1) is 8.72. The average Bonchev–Trinajstić information content (AvgIpc) is 2.16. The van der Waals surface area contributed by atoms with Crippen molar-refractivity contribution in [1.82, 2.24) is 8.52 Å². The Labute approximate surface area is 70.4 Å². The summed E-state index contributed by atoms with van der Waals surface area (Å²) in [7, 11) is 1.41. The topological polar surface area (TPSA) is 81.3 Å². The normalized spacial score (nSPS) is 10.1. The zero-order chi connectivity index (χ0) is 9.30. The summed E-state index contributed by atoms with van der Waals surface area (Å²) in [5.74, 6) is -1.20. The van der Waals surface area contributed by atoms with Crippen LogP contribution in [0.4, 0.5) is 0 Å². The molecule has 0 aliphatic rings. The van der Waals surface area contributed by atoms with Gasteiger partial charge in [0.05, 0.1) is 0 Å². The summed E-state index contributed by atoms with van der Waals surface area (Å²) in [5, 5.41) is 8.32. The predicted octanol–water partition coefficient (Wildman–Crippen LogP) is -1.31. The number of carboxylic acid groups (broad SMARTS) is 1. The van der Waals surface area contributed by atoms with Crippen LogP contribution in [0, 0.1) is 0 Å². The van der Waals surface area contributed by atoms with Gasteiger partial charge in [0.1, 0.15) is 6.54 Å². The molecule has 1 heterocycles. The lowest BCUT2D eigenvalue weighted by molar-refractivity contribution is -0.137. The fraction of sp³-hybridized carbons (Fsp3) is 0.400. The summed E-state index contributed by atoms with van der Waals surface area (Å²) in [6.45, 7) is -0.574. The van der Waals surface area contributed by atoms with E-state index in [1.807, 2.05) is 0 Å². The Morgan fingerprint density at radius 2 is 2.17 bits per heavy atom. The maximum Gasteiger partial charge on any atom is 0.341 e. The van der Waals surface area contributed by atoms with Crippen molar-refractivity contribution in [2.24, 2.45) is 7.05 Å². The Morgan fingerprint density at radius 1 is 1.58 bits per heavy atom. The molecule has 0 unspecified atom stereocenters. The quantitative estimate of drug-likeness (QED) is 0.628. The van der Waals surface area contributed by atoms with E-state index in [2.05, 4.69) is 0 Å². The van der Waals surface area contributed by atoms with Crippen LogP contribution in [0.1, 0.15) is 0 Å². The van der Waals surface area contributed by atoms with Gasteiger partial charge in [-0.15, -0.1) is 0 Å². The average molecular weight is 190 g/mol. The third-order valence-electron chi connectivity index (χ3n) is 1.23. The largest absolute Gasteiger partial charge is 0.480 e. The van der Waals surface area contributed by atoms with Crippen molar-refractivity contribution in [2.45, 2.75) is 6.54 Å². The highest BCUT2D eigenvalue weighted by Crippen LogP contribution is 1.80. The van der Waals surface area contributed by atoms with E-state index >= 15 is 0 Å². The van der Waals surface area contributed by atoms with E-state index in [0.717, 1.165) is 3.96 Å². The number of aryl methyl sites for hydroxylation is 1. The summed E-state index contributed by atoms with van der Waals surface area (Å²) in [4.78, 5) is 31.5. The first-order valence-corrected chi connectivity index (χ1v) is 3.78. The number of aromatic nitrogens is 2. The van der Waals surface area contributed by atoms with Crippen molar-refractivity contribution in [3.63, 3.8) is 0 Å². The van der Waals surface area contributed by atoms with Gasteiger partial charge in [-0.2, -0.15) is 0 Å². The third-order valence-corrected chi connectivity index (χ3v) is 2.04. The molecule has 0 saturated carbocycles. The summed E-state index contributed by atoms with van der Waals surface area (Å²) in [5.41, 5.74) is -0.590. The van der Waals surface area contributed by atoms with Crippen LogP contribution in [-0.2, 0) is 18.4 Å². The predicted molar refractivity (Wildman–Crippen MR) is 41.5 cm³/mol. The molecule has 0 aliphatic carbocycles. The van der Waals surface area contributed by atoms with Crippen molar-refractivity contribution in [3.8, 4) is 0 Å². The molecule has 12 heavy (non-hydrogen) atoms. The van der Waals surface area contributed by atoms with Crippen molar-refractivity contribution in [3.05, 3.63) is 20.2 Å². The number of aliphatic carboxylic acids is 1. The minimum Gasteiger partial charge on any atom is -0.480 e. The van der Waals surface area contributed by atoms with Crippen molar-refractivity contribution < 1.29 is 9.90 Å². The molecule has 0 spiro atoms. The van der Waals surface area contributed by atoms with Gasteiger partial charge in [-0.1, -0.05) is 0 Å². The summed E-state index contributed by atoms with van der Waals surface area (Å²) in [6.07, 6.45) is 0. The molecule has 0 radical (unpaired) electrons. The van der Waals surface area contributed by atoms with Crippen molar-refractivity contribution >= 4 is 17.5 Å². The second-order valence-corrected chi connectivity index (χ2v) is 3.20. The zero-order valence-electron chi connectivity index (χ0n) is 6.18. The Bertz CT molecular complexity index is 412. The maximum atomic E-state index is 11.0. The summed E-state index contributed by atoms with van der Waals surface area (Å²) in [6, 6.07) is 0. The number of carboxylic acids is 1. The highest BCUT2D eigenvalue weighted by Gasteiger charge is 2.09. The van der Waals surface area contributed by atoms with Gasteiger partial charge in [-0.05, 0) is 0 Å². The van der Waals surface area contributed by atoms with Gasteiger partial charge in [-0.3, -0.25) is 9.59 Å². The smallest absolute Gasteiger partial charge is 0.341 e. The lowest BCUT2D eigenvalue weighted by Gasteiger charge is -1.90. The number of hydrogen-bond donors (Lipinski definition) is 1. The van der Waals surface area contributed by atoms with E-state index in [-0.39, 0.29) is 0 Å². The highest BCUT2D eigenvalue weighted by molar-refractivity contribution is 7.03. The van der Waals surface area contributed by atoms with E-state index in [9.17, 15) is 14.4 Å². The Balaban J connectivity index is 3.24. The fourth-order valence-corrected chi connectivity index (χ4v) is 1.37. The summed E-state index contributed by atoms with van der Waals surface area (Å²) >= 11 is 0.686. The van der Waals surface area contributed by atoms with Crippen LogP contribution in [0.15, 0.2) is 9.59 Å². The standard InChI is InChI=1S/C5H6N2O4S/c1-6-4(10)7(2-3(8)9)5(11)12-6/h2H2,1H3,(H,8,9). The van der Waals surface area contributed by atoms with Gasteiger partial charge in [0.2, 0.25) is 0 Å². The Morgan fingerprint density at radius 3 is 2.50 bits per heavy atom. The van der Waals surface area contributed by atoms with Crippen LogP contribution in [0.25, 0.3) is 0 Å². The van der Waals surface area contributed by atoms with Gasteiger partial charge in [-0.25, -0.2) is 13.3 Å². The molecule has 0 aromatic carbocycles. The molecule has 0 aliphatic heterocycles. The van der Waals surface area contributed by atoms with E-state index in [0.29, 0.717) is 16.1 Å². The number of hydrogen-bond acceptors (Lipinski definition) is 4. The molecule has 66 valence electrons. The summed E-state index contributed by atoms with van der Waals surface area (Å²) < 4.78 is 1.76. The maximum absolute atomic E-state index is 11.0. The van der Waals surface area contributed by atoms with Crippen LogP contribution in [0.3, 0.4) is 0 Å². The first-order valence-electron chi connectivity index (χ1n) is 3.01. The molecule has 0 saturated heterocycles. The minimum atomic E-state index is -1.20. The van der Waals surface area contributed by atoms with E-state index in [4.69, 9.17) is 5.11 Å². The number of nitrogens with zero attached hydrogens (tertiary/aromatic N) is 2. The van der Waals surface area contributed by atoms with Gasteiger partial charge < -0.3 is 5.11 Å². The molecule has 1 rings (SSSR count). The van der Waals surface area contributed by atoms with Gasteiger partial charge in [0.15, 0.2) is 0 Å². The van der Waals surface area contributed by atoms with Crippen LogP contribution in [-0.4, -0.2) is 19.6 Å². The van der Waals surface area contributed by atoms with Crippen LogP contribution in [0.2, 0.25) is 0 Å². The molecule has 1 N–H and O–H groups in total. The number of rotatable bonds is 2. The molecule has 1 aromatic rings. The second-order valence-electron chi connectivity index (χ2n) is 2.12. The van der Waals surface area contributed by atoms with Crippen LogP contribution < -0.4 is 10.6 Å². The van der Waals surface area contributed by atoms with Crippen LogP contribution >= 0.6 is 11.5 Å². The third kappa shape index (κ3) is 1.45. The molecule has 1 aromatic heterocycles. The molecule has 6 nitrogen and oxygen atoms in total. The molecule has 0 bridgehead atoms. The zero-order valence-corrected chi connectivity index (χ0v) is 7.00. The lowest BCUT2D eigenvalue weighted by atomic mass is 10.6. The van der Waals surface area contributed by atoms with E-state index in [1.165, 1.54) is 7.05 Å². The molecule has 7 heteroatoms. The SMILES string of the molecule is Cn1sc(=O)n(CC(=O)O)c1=O. The van der Waals surface area contributed by atoms with Crippen molar-refractivity contribution in [1.29, 1.82) is 0 Å². The van der Waals surface area contributed by atoms with Gasteiger partial charge in [0.25, 0.3) is 0 Å². The number of carbonyl (C=O) groups is 1. The Kier molecular flexibility index (Phi) is 2.13. The first-order chi connectivity index (χ1) is 5.52. The molecule has 0 atom stereocenters. The van der Waals surface area contributed by atoms with Crippen molar-refractivity contribution in [2.75, 3.05) is 0 Å². The second kappa shape index (κ2) is 2.94. The van der Waals surface area contributed by atoms with Gasteiger partial charge in [0, 0.05) is 18.6 Å². The molecule has 0 amide bonds. The minimum absolute atomic E-state index is 0.551. The van der Waals surface area contributed by atoms with Gasteiger partial charge >= 0.3 is 16.5 Å². The monoisotopic (exact) mass is 190 g/mol. The fourth-order valence-electron chi connectivity index (χ4n) is 0.721. The van der Waals surface area contributed by atoms with E-state index in [1.54, 1.807) is 0 Å². The molecule has 0 fully saturated rings. The lowest BCUT2D eigenvalue weighted by Crippen LogP contribution is -2.31. The molecular weight excluding hydrogens is 184 g/mol. The Hall–Kier alpha value is -1.37. The molecular formula is C5H6N2O4S. The van der Waals surface area contributed by atoms with Crippen LogP contribution in [0.5, 0.6) is 0 Å².